The molecule has 2 aromatic heterocycles. The summed E-state index contributed by atoms with van der Waals surface area (Å²) < 4.78 is 0.958. The lowest BCUT2D eigenvalue weighted by Gasteiger charge is -1.87. The van der Waals surface area contributed by atoms with Crippen LogP contribution in [0.4, 0.5) is 0 Å². The molecule has 2 heterocycles. The highest BCUT2D eigenvalue weighted by Gasteiger charge is 2.07. The van der Waals surface area contributed by atoms with Crippen LogP contribution in [0.3, 0.4) is 0 Å². The topological polar surface area (TPSA) is 30.0 Å². The molecule has 70 valence electrons. The number of nitrogens with zero attached hydrogens (tertiary/aromatic N) is 1. The number of ketones is 1. The van der Waals surface area contributed by atoms with Crippen molar-refractivity contribution in [3.05, 3.63) is 40.9 Å². The number of aromatic nitrogens is 1. The molecule has 2 rings (SSSR count). The van der Waals surface area contributed by atoms with Gasteiger partial charge in [0.25, 0.3) is 0 Å². The molecule has 0 unspecified atom stereocenters. The first-order chi connectivity index (χ1) is 6.70. The molecule has 0 radical (unpaired) electrons. The Kier molecular flexibility index (Phi) is 2.35. The van der Waals surface area contributed by atoms with E-state index in [2.05, 4.69) is 11.6 Å². The third-order valence-electron chi connectivity index (χ3n) is 1.77. The lowest BCUT2D eigenvalue weighted by atomic mass is 10.3. The van der Waals surface area contributed by atoms with Gasteiger partial charge in [-0.2, -0.15) is 0 Å². The molecule has 2 aromatic rings. The first kappa shape index (κ1) is 9.37. The molecular formula is C10H6ClNOS. The summed E-state index contributed by atoms with van der Waals surface area (Å²) in [6.07, 6.45) is 1.30. The summed E-state index contributed by atoms with van der Waals surface area (Å²) in [5.74, 6) is -0.0795. The predicted molar refractivity (Wildman–Crippen MR) is 59.2 cm³/mol. The van der Waals surface area contributed by atoms with Crippen LogP contribution in [0, 0.1) is 0 Å². The van der Waals surface area contributed by atoms with Gasteiger partial charge in [-0.25, -0.2) is 4.98 Å². The fraction of sp³-hybridized carbons (Fsp3) is 0. The Hall–Kier alpha value is -1.19. The van der Waals surface area contributed by atoms with Crippen LogP contribution in [0.25, 0.3) is 10.2 Å². The Labute approximate surface area is 89.8 Å². The van der Waals surface area contributed by atoms with Crippen LogP contribution in [0.15, 0.2) is 30.9 Å². The van der Waals surface area contributed by atoms with Gasteiger partial charge >= 0.3 is 0 Å². The van der Waals surface area contributed by atoms with Crippen molar-refractivity contribution in [3.63, 3.8) is 0 Å². The van der Waals surface area contributed by atoms with Gasteiger partial charge in [-0.05, 0) is 24.3 Å². The van der Waals surface area contributed by atoms with Gasteiger partial charge in [0, 0.05) is 0 Å². The van der Waals surface area contributed by atoms with E-state index in [0.717, 1.165) is 10.2 Å². The molecule has 0 fully saturated rings. The SMILES string of the molecule is C=CC(=O)c1cc2nc(Cl)ccc2s1. The second-order valence-corrected chi connectivity index (χ2v) is 4.17. The molecule has 0 aromatic carbocycles. The summed E-state index contributed by atoms with van der Waals surface area (Å²) in [4.78, 5) is 16.0. The lowest BCUT2D eigenvalue weighted by Crippen LogP contribution is -1.86. The first-order valence-electron chi connectivity index (χ1n) is 3.93. The number of hydrogen-bond acceptors (Lipinski definition) is 3. The molecular weight excluding hydrogens is 218 g/mol. The van der Waals surface area contributed by atoms with Crippen molar-refractivity contribution in [1.82, 2.24) is 4.98 Å². The van der Waals surface area contributed by atoms with Gasteiger partial charge in [0.2, 0.25) is 0 Å². The molecule has 0 N–H and O–H groups in total. The maximum atomic E-state index is 11.3. The Morgan fingerprint density at radius 3 is 3.07 bits per heavy atom. The number of carbonyl (C=O) groups is 1. The molecule has 14 heavy (non-hydrogen) atoms. The molecule has 0 saturated heterocycles. The smallest absolute Gasteiger partial charge is 0.195 e. The van der Waals surface area contributed by atoms with Crippen molar-refractivity contribution in [1.29, 1.82) is 0 Å². The van der Waals surface area contributed by atoms with E-state index in [4.69, 9.17) is 11.6 Å². The van der Waals surface area contributed by atoms with Gasteiger partial charge in [-0.15, -0.1) is 11.3 Å². The van der Waals surface area contributed by atoms with Crippen molar-refractivity contribution in [2.75, 3.05) is 0 Å². The molecule has 0 aliphatic carbocycles. The van der Waals surface area contributed by atoms with Crippen LogP contribution in [-0.2, 0) is 0 Å². The van der Waals surface area contributed by atoms with Crippen molar-refractivity contribution in [2.45, 2.75) is 0 Å². The average Bonchev–Trinajstić information content (AvgIpc) is 2.59. The minimum absolute atomic E-state index is 0.0795. The van der Waals surface area contributed by atoms with E-state index >= 15 is 0 Å². The van der Waals surface area contributed by atoms with E-state index in [9.17, 15) is 4.79 Å². The summed E-state index contributed by atoms with van der Waals surface area (Å²) in [5, 5.41) is 0.438. The lowest BCUT2D eigenvalue weighted by molar-refractivity contribution is 0.105. The Bertz CT molecular complexity index is 518. The van der Waals surface area contributed by atoms with Crippen LogP contribution in [-0.4, -0.2) is 10.8 Å². The zero-order valence-corrected chi connectivity index (χ0v) is 8.73. The summed E-state index contributed by atoms with van der Waals surface area (Å²) in [6, 6.07) is 5.30. The van der Waals surface area contributed by atoms with Crippen molar-refractivity contribution in [2.24, 2.45) is 0 Å². The van der Waals surface area contributed by atoms with Crippen LogP contribution in [0.2, 0.25) is 5.15 Å². The van der Waals surface area contributed by atoms with E-state index in [1.807, 2.05) is 6.07 Å². The Morgan fingerprint density at radius 1 is 1.57 bits per heavy atom. The largest absolute Gasteiger partial charge is 0.288 e. The third-order valence-corrected chi connectivity index (χ3v) is 3.08. The standard InChI is InChI=1S/C10H6ClNOS/c1-2-7(13)9-5-6-8(14-9)3-4-10(11)12-6/h2-5H,1H2. The quantitative estimate of drug-likeness (QED) is 0.444. The van der Waals surface area contributed by atoms with Gasteiger partial charge in [0.05, 0.1) is 15.1 Å². The molecule has 2 nitrogen and oxygen atoms in total. The molecule has 0 amide bonds. The predicted octanol–water partition coefficient (Wildman–Crippen LogP) is 3.32. The molecule has 0 spiro atoms. The molecule has 0 aliphatic heterocycles. The van der Waals surface area contributed by atoms with E-state index in [-0.39, 0.29) is 5.78 Å². The zero-order valence-electron chi connectivity index (χ0n) is 7.16. The number of halogens is 1. The number of hydrogen-bond donors (Lipinski definition) is 0. The van der Waals surface area contributed by atoms with Crippen LogP contribution in [0.1, 0.15) is 9.67 Å². The van der Waals surface area contributed by atoms with E-state index < -0.39 is 0 Å². The monoisotopic (exact) mass is 223 g/mol. The Balaban J connectivity index is 2.62. The van der Waals surface area contributed by atoms with Crippen LogP contribution in [0.5, 0.6) is 0 Å². The maximum Gasteiger partial charge on any atom is 0.195 e. The summed E-state index contributed by atoms with van der Waals surface area (Å²) >= 11 is 7.13. The highest BCUT2D eigenvalue weighted by Crippen LogP contribution is 2.25. The fourth-order valence-corrected chi connectivity index (χ4v) is 2.21. The van der Waals surface area contributed by atoms with Gasteiger partial charge in [0.1, 0.15) is 5.15 Å². The van der Waals surface area contributed by atoms with E-state index in [1.165, 1.54) is 17.4 Å². The number of thiophene rings is 1. The summed E-state index contributed by atoms with van der Waals surface area (Å²) in [5.41, 5.74) is 0.757. The minimum atomic E-state index is -0.0795. The minimum Gasteiger partial charge on any atom is -0.288 e. The van der Waals surface area contributed by atoms with Gasteiger partial charge < -0.3 is 0 Å². The first-order valence-corrected chi connectivity index (χ1v) is 5.13. The molecule has 0 aliphatic rings. The number of carbonyl (C=O) groups excluding carboxylic acids is 1. The zero-order chi connectivity index (χ0) is 10.1. The number of pyridine rings is 1. The molecule has 0 bridgehead atoms. The normalized spacial score (nSPS) is 10.4. The van der Waals surface area contributed by atoms with Gasteiger partial charge in [0.15, 0.2) is 5.78 Å². The number of rotatable bonds is 2. The summed E-state index contributed by atoms with van der Waals surface area (Å²) in [7, 11) is 0. The summed E-state index contributed by atoms with van der Waals surface area (Å²) in [6.45, 7) is 3.44. The van der Waals surface area contributed by atoms with Crippen molar-refractivity contribution >= 4 is 38.9 Å². The van der Waals surface area contributed by atoms with Crippen molar-refractivity contribution < 1.29 is 4.79 Å². The Morgan fingerprint density at radius 2 is 2.36 bits per heavy atom. The van der Waals surface area contributed by atoms with E-state index in [0.29, 0.717) is 10.0 Å². The second kappa shape index (κ2) is 3.52. The fourth-order valence-electron chi connectivity index (χ4n) is 1.12. The van der Waals surface area contributed by atoms with Gasteiger partial charge in [-0.1, -0.05) is 18.2 Å². The van der Waals surface area contributed by atoms with Crippen molar-refractivity contribution in [3.8, 4) is 0 Å². The van der Waals surface area contributed by atoms with Crippen LogP contribution >= 0.6 is 22.9 Å². The second-order valence-electron chi connectivity index (χ2n) is 2.70. The number of allylic oxidation sites excluding steroid dienone is 1. The number of fused-ring (bicyclic) bond motifs is 1. The third kappa shape index (κ3) is 1.56. The molecule has 4 heteroatoms. The molecule has 0 atom stereocenters. The maximum absolute atomic E-state index is 11.3. The highest BCUT2D eigenvalue weighted by atomic mass is 35.5. The average molecular weight is 224 g/mol. The van der Waals surface area contributed by atoms with Crippen LogP contribution < -0.4 is 0 Å². The highest BCUT2D eigenvalue weighted by molar-refractivity contribution is 7.20. The van der Waals surface area contributed by atoms with Gasteiger partial charge in [-0.3, -0.25) is 4.79 Å². The molecule has 0 saturated carbocycles. The van der Waals surface area contributed by atoms with E-state index in [1.54, 1.807) is 12.1 Å².